The molecule has 1 heterocycles. The summed E-state index contributed by atoms with van der Waals surface area (Å²) in [6.45, 7) is 4.41. The molecule has 2 aromatic rings. The van der Waals surface area contributed by atoms with Crippen molar-refractivity contribution in [3.63, 3.8) is 0 Å². The van der Waals surface area contributed by atoms with Crippen molar-refractivity contribution in [2.24, 2.45) is 4.99 Å². The fourth-order valence-corrected chi connectivity index (χ4v) is 2.70. The normalized spacial score (nSPS) is 11.4. The zero-order valence-corrected chi connectivity index (χ0v) is 15.9. The lowest BCUT2D eigenvalue weighted by molar-refractivity contribution is -0.384. The molecule has 0 unspecified atom stereocenters. The van der Waals surface area contributed by atoms with Crippen LogP contribution in [0, 0.1) is 10.1 Å². The zero-order valence-electron chi connectivity index (χ0n) is 15.9. The predicted molar refractivity (Wildman–Crippen MR) is 105 cm³/mol. The van der Waals surface area contributed by atoms with Gasteiger partial charge in [-0.1, -0.05) is 19.1 Å². The Morgan fingerprint density at radius 1 is 1.22 bits per heavy atom. The maximum Gasteiger partial charge on any atom is 0.269 e. The van der Waals surface area contributed by atoms with Gasteiger partial charge in [0.2, 0.25) is 0 Å². The fourth-order valence-electron chi connectivity index (χ4n) is 2.70. The highest BCUT2D eigenvalue weighted by Crippen LogP contribution is 2.13. The summed E-state index contributed by atoms with van der Waals surface area (Å²) >= 11 is 0. The van der Waals surface area contributed by atoms with Crippen LogP contribution in [0.2, 0.25) is 0 Å². The predicted octanol–water partition coefficient (Wildman–Crippen LogP) is 1.94. The van der Waals surface area contributed by atoms with E-state index in [-0.39, 0.29) is 10.6 Å². The molecule has 0 fully saturated rings. The van der Waals surface area contributed by atoms with Gasteiger partial charge in [-0.05, 0) is 24.8 Å². The van der Waals surface area contributed by atoms with Gasteiger partial charge in [-0.25, -0.2) is 0 Å². The highest BCUT2D eigenvalue weighted by Gasteiger charge is 2.04. The van der Waals surface area contributed by atoms with Crippen molar-refractivity contribution in [2.45, 2.75) is 39.2 Å². The van der Waals surface area contributed by atoms with Gasteiger partial charge in [0, 0.05) is 45.2 Å². The number of non-ortho nitro benzene ring substituents is 1. The number of aryl methyl sites for hydroxylation is 2. The molecule has 0 saturated heterocycles. The lowest BCUT2D eigenvalue weighted by Crippen LogP contribution is -2.39. The lowest BCUT2D eigenvalue weighted by Gasteiger charge is -2.12. The second-order valence-corrected chi connectivity index (χ2v) is 6.10. The van der Waals surface area contributed by atoms with Gasteiger partial charge in [0.05, 0.1) is 4.92 Å². The topological polar surface area (TPSA) is 110 Å². The molecule has 9 nitrogen and oxygen atoms in total. The number of nitrogens with one attached hydrogen (secondary N) is 2. The first-order chi connectivity index (χ1) is 13.1. The Morgan fingerprint density at radius 3 is 2.63 bits per heavy atom. The number of nitrogens with zero attached hydrogens (tertiary/aromatic N) is 5. The van der Waals surface area contributed by atoms with Crippen molar-refractivity contribution in [3.8, 4) is 0 Å². The zero-order chi connectivity index (χ0) is 19.5. The van der Waals surface area contributed by atoms with Crippen LogP contribution in [0.1, 0.15) is 31.2 Å². The lowest BCUT2D eigenvalue weighted by atomic mass is 10.1. The number of nitro benzene ring substituents is 1. The summed E-state index contributed by atoms with van der Waals surface area (Å²) in [5.41, 5.74) is 1.25. The number of aromatic nitrogens is 3. The standard InChI is InChI=1S/C18H27N7O2/c1-3-17-23-22-14-24(17)13-12-21-18(19-2)20-11-5-4-6-15-7-9-16(10-8-15)25(26)27/h7-10,14H,3-6,11-13H2,1-2H3,(H2,19,20,21). The van der Waals surface area contributed by atoms with E-state index in [0.717, 1.165) is 62.7 Å². The minimum atomic E-state index is -0.376. The molecule has 1 aromatic heterocycles. The van der Waals surface area contributed by atoms with Crippen LogP contribution in [0.15, 0.2) is 35.6 Å². The number of hydrogen-bond donors (Lipinski definition) is 2. The van der Waals surface area contributed by atoms with Crippen LogP contribution in [-0.2, 0) is 19.4 Å². The van der Waals surface area contributed by atoms with Gasteiger partial charge in [-0.2, -0.15) is 0 Å². The summed E-state index contributed by atoms with van der Waals surface area (Å²) in [6, 6.07) is 6.75. The van der Waals surface area contributed by atoms with E-state index in [0.29, 0.717) is 0 Å². The molecule has 0 saturated carbocycles. The number of rotatable bonds is 10. The van der Waals surface area contributed by atoms with E-state index in [1.807, 2.05) is 16.7 Å². The molecule has 0 aliphatic rings. The molecule has 0 aliphatic carbocycles. The highest BCUT2D eigenvalue weighted by molar-refractivity contribution is 5.79. The highest BCUT2D eigenvalue weighted by atomic mass is 16.6. The van der Waals surface area contributed by atoms with Crippen LogP contribution in [-0.4, -0.2) is 45.8 Å². The molecule has 146 valence electrons. The van der Waals surface area contributed by atoms with Crippen molar-refractivity contribution in [3.05, 3.63) is 52.1 Å². The van der Waals surface area contributed by atoms with Gasteiger partial charge < -0.3 is 15.2 Å². The van der Waals surface area contributed by atoms with Crippen molar-refractivity contribution < 1.29 is 4.92 Å². The minimum Gasteiger partial charge on any atom is -0.356 e. The third-order valence-corrected chi connectivity index (χ3v) is 4.21. The van der Waals surface area contributed by atoms with Crippen molar-refractivity contribution in [1.82, 2.24) is 25.4 Å². The molecule has 0 amide bonds. The van der Waals surface area contributed by atoms with Gasteiger partial charge in [0.25, 0.3) is 5.69 Å². The first-order valence-electron chi connectivity index (χ1n) is 9.18. The molecule has 1 aromatic carbocycles. The molecule has 0 bridgehead atoms. The average molecular weight is 373 g/mol. The van der Waals surface area contributed by atoms with Crippen LogP contribution in [0.5, 0.6) is 0 Å². The van der Waals surface area contributed by atoms with Gasteiger partial charge in [-0.3, -0.25) is 15.1 Å². The molecule has 2 rings (SSSR count). The summed E-state index contributed by atoms with van der Waals surface area (Å²) in [5, 5.41) is 25.2. The fraction of sp³-hybridized carbons (Fsp3) is 0.500. The summed E-state index contributed by atoms with van der Waals surface area (Å²) in [7, 11) is 1.75. The third-order valence-electron chi connectivity index (χ3n) is 4.21. The number of guanidine groups is 1. The summed E-state index contributed by atoms with van der Waals surface area (Å²) in [6.07, 6.45) is 5.50. The second kappa shape index (κ2) is 10.9. The Balaban J connectivity index is 1.61. The van der Waals surface area contributed by atoms with Crippen LogP contribution >= 0.6 is 0 Å². The SMILES string of the molecule is CCc1nncn1CCNC(=NC)NCCCCc1ccc([N+](=O)[O-])cc1. The molecular formula is C18H27N7O2. The molecule has 9 heteroatoms. The van der Waals surface area contributed by atoms with Gasteiger partial charge in [0.15, 0.2) is 5.96 Å². The van der Waals surface area contributed by atoms with Crippen LogP contribution in [0.4, 0.5) is 5.69 Å². The van der Waals surface area contributed by atoms with Crippen LogP contribution in [0.25, 0.3) is 0 Å². The largest absolute Gasteiger partial charge is 0.356 e. The van der Waals surface area contributed by atoms with E-state index in [1.165, 1.54) is 0 Å². The Bertz CT molecular complexity index is 740. The monoisotopic (exact) mass is 373 g/mol. The van der Waals surface area contributed by atoms with Crippen molar-refractivity contribution in [1.29, 1.82) is 0 Å². The Labute approximate surface area is 159 Å². The van der Waals surface area contributed by atoms with E-state index < -0.39 is 0 Å². The van der Waals surface area contributed by atoms with Gasteiger partial charge in [0.1, 0.15) is 12.2 Å². The Morgan fingerprint density at radius 2 is 1.96 bits per heavy atom. The molecule has 2 N–H and O–H groups in total. The average Bonchev–Trinajstić information content (AvgIpc) is 3.14. The van der Waals surface area contributed by atoms with E-state index in [4.69, 9.17) is 0 Å². The summed E-state index contributed by atoms with van der Waals surface area (Å²) in [5.74, 6) is 1.75. The number of aliphatic imine (C=N–C) groups is 1. The first-order valence-corrected chi connectivity index (χ1v) is 9.18. The third kappa shape index (κ3) is 6.69. The number of unbranched alkanes of at least 4 members (excludes halogenated alkanes) is 1. The Kier molecular flexibility index (Phi) is 8.21. The van der Waals surface area contributed by atoms with E-state index >= 15 is 0 Å². The maximum atomic E-state index is 10.7. The van der Waals surface area contributed by atoms with Crippen LogP contribution in [0.3, 0.4) is 0 Å². The number of hydrogen-bond acceptors (Lipinski definition) is 5. The molecular weight excluding hydrogens is 346 g/mol. The molecule has 0 spiro atoms. The number of nitro groups is 1. The smallest absolute Gasteiger partial charge is 0.269 e. The molecule has 0 aliphatic heterocycles. The first kappa shape index (κ1) is 20.3. The molecule has 0 radical (unpaired) electrons. The van der Waals surface area contributed by atoms with E-state index in [1.54, 1.807) is 25.5 Å². The van der Waals surface area contributed by atoms with Crippen molar-refractivity contribution in [2.75, 3.05) is 20.1 Å². The van der Waals surface area contributed by atoms with Gasteiger partial charge in [-0.15, -0.1) is 10.2 Å². The number of benzene rings is 1. The maximum absolute atomic E-state index is 10.7. The van der Waals surface area contributed by atoms with Gasteiger partial charge >= 0.3 is 0 Å². The molecule has 0 atom stereocenters. The minimum absolute atomic E-state index is 0.132. The molecule has 27 heavy (non-hydrogen) atoms. The van der Waals surface area contributed by atoms with E-state index in [9.17, 15) is 10.1 Å². The second-order valence-electron chi connectivity index (χ2n) is 6.10. The van der Waals surface area contributed by atoms with E-state index in [2.05, 4.69) is 32.7 Å². The summed E-state index contributed by atoms with van der Waals surface area (Å²) < 4.78 is 2.03. The van der Waals surface area contributed by atoms with Crippen LogP contribution < -0.4 is 10.6 Å². The quantitative estimate of drug-likeness (QED) is 0.216. The Hall–Kier alpha value is -2.97. The van der Waals surface area contributed by atoms with Crippen molar-refractivity contribution >= 4 is 11.6 Å². The summed E-state index contributed by atoms with van der Waals surface area (Å²) in [4.78, 5) is 14.5.